The molecule has 3 aliphatic rings. The maximum atomic E-state index is 13.0. The first-order valence-electron chi connectivity index (χ1n) is 9.17. The lowest BCUT2D eigenvalue weighted by Gasteiger charge is -2.49. The van der Waals surface area contributed by atoms with Crippen LogP contribution >= 0.6 is 0 Å². The molecule has 4 atom stereocenters. The van der Waals surface area contributed by atoms with Crippen molar-refractivity contribution in [1.82, 2.24) is 4.90 Å². The third kappa shape index (κ3) is 2.52. The summed E-state index contributed by atoms with van der Waals surface area (Å²) >= 11 is 0. The van der Waals surface area contributed by atoms with Crippen molar-refractivity contribution in [2.75, 3.05) is 13.1 Å². The molecule has 2 heteroatoms. The van der Waals surface area contributed by atoms with E-state index in [0.29, 0.717) is 29.6 Å². The highest BCUT2D eigenvalue weighted by Gasteiger charge is 2.47. The van der Waals surface area contributed by atoms with E-state index in [9.17, 15) is 4.79 Å². The summed E-state index contributed by atoms with van der Waals surface area (Å²) in [5.41, 5.74) is 1.39. The summed E-state index contributed by atoms with van der Waals surface area (Å²) in [5.74, 6) is 1.66. The Morgan fingerprint density at radius 1 is 0.818 bits per heavy atom. The van der Waals surface area contributed by atoms with E-state index in [-0.39, 0.29) is 0 Å². The molecule has 22 heavy (non-hydrogen) atoms. The fourth-order valence-corrected chi connectivity index (χ4v) is 5.21. The highest BCUT2D eigenvalue weighted by molar-refractivity contribution is 5.86. The molecule has 0 amide bonds. The van der Waals surface area contributed by atoms with Crippen LogP contribution in [0.3, 0.4) is 0 Å². The monoisotopic (exact) mass is 297 g/mol. The van der Waals surface area contributed by atoms with Gasteiger partial charge in [0.2, 0.25) is 0 Å². The summed E-state index contributed by atoms with van der Waals surface area (Å²) in [6.07, 6.45) is 8.69. The van der Waals surface area contributed by atoms with Crippen molar-refractivity contribution >= 4 is 5.78 Å². The molecule has 2 aliphatic carbocycles. The van der Waals surface area contributed by atoms with Crippen LogP contribution in [-0.4, -0.2) is 29.8 Å². The van der Waals surface area contributed by atoms with E-state index in [1.807, 2.05) is 0 Å². The average Bonchev–Trinajstić information content (AvgIpc) is 2.57. The van der Waals surface area contributed by atoms with Gasteiger partial charge in [-0.1, -0.05) is 43.2 Å². The van der Waals surface area contributed by atoms with Gasteiger partial charge in [-0.05, 0) is 56.7 Å². The molecule has 1 heterocycles. The maximum absolute atomic E-state index is 13.0. The largest absolute Gasteiger partial charge is 0.300 e. The molecule has 2 saturated carbocycles. The Morgan fingerprint density at radius 3 is 2.32 bits per heavy atom. The van der Waals surface area contributed by atoms with E-state index in [1.54, 1.807) is 0 Å². The van der Waals surface area contributed by atoms with Gasteiger partial charge in [0.1, 0.15) is 5.78 Å². The summed E-state index contributed by atoms with van der Waals surface area (Å²) in [7, 11) is 0. The van der Waals surface area contributed by atoms with Crippen LogP contribution in [0.15, 0.2) is 30.3 Å². The lowest BCUT2D eigenvalue weighted by Crippen LogP contribution is -2.53. The van der Waals surface area contributed by atoms with E-state index >= 15 is 0 Å². The topological polar surface area (TPSA) is 20.3 Å². The summed E-state index contributed by atoms with van der Waals surface area (Å²) in [6.45, 7) is 2.42. The van der Waals surface area contributed by atoms with Crippen molar-refractivity contribution in [1.29, 1.82) is 0 Å². The molecule has 1 aromatic rings. The molecule has 4 rings (SSSR count). The van der Waals surface area contributed by atoms with Crippen molar-refractivity contribution in [2.45, 2.75) is 56.9 Å². The SMILES string of the molecule is O=C1[C@H]2CCC[C@H]1[C@H](N1CCCCC1)C[C@@H]2c1ccccc1. The lowest BCUT2D eigenvalue weighted by molar-refractivity contribution is -0.137. The Bertz CT molecular complexity index is 520. The number of carbonyl (C=O) groups is 1. The number of Topliss-reactive ketones (excluding diaryl/α,β-unsaturated/α-hetero) is 1. The van der Waals surface area contributed by atoms with Gasteiger partial charge in [-0.3, -0.25) is 9.69 Å². The van der Waals surface area contributed by atoms with Gasteiger partial charge in [0.05, 0.1) is 0 Å². The molecule has 1 saturated heterocycles. The molecule has 0 aromatic heterocycles. The predicted molar refractivity (Wildman–Crippen MR) is 88.9 cm³/mol. The van der Waals surface area contributed by atoms with Crippen LogP contribution in [0.25, 0.3) is 0 Å². The zero-order valence-corrected chi connectivity index (χ0v) is 13.4. The fraction of sp³-hybridized carbons (Fsp3) is 0.650. The first-order valence-corrected chi connectivity index (χ1v) is 9.17. The lowest BCUT2D eigenvalue weighted by atomic mass is 9.61. The summed E-state index contributed by atoms with van der Waals surface area (Å²) < 4.78 is 0. The minimum atomic E-state index is 0.294. The molecule has 0 radical (unpaired) electrons. The van der Waals surface area contributed by atoms with E-state index in [4.69, 9.17) is 0 Å². The standard InChI is InChI=1S/C20H27NO/c22-20-16-10-7-11-17(20)19(21-12-5-2-6-13-21)14-18(16)15-8-3-1-4-9-15/h1,3-4,8-9,16-19H,2,5-7,10-14H2/t16-,17-,18+,19+/m0/s1. The van der Waals surface area contributed by atoms with Gasteiger partial charge >= 0.3 is 0 Å². The van der Waals surface area contributed by atoms with Crippen LogP contribution in [0, 0.1) is 11.8 Å². The fourth-order valence-electron chi connectivity index (χ4n) is 5.21. The number of ketones is 1. The second-order valence-electron chi connectivity index (χ2n) is 7.46. The Labute approximate surface area is 133 Å². The number of hydrogen-bond donors (Lipinski definition) is 0. The number of likely N-dealkylation sites (tertiary alicyclic amines) is 1. The smallest absolute Gasteiger partial charge is 0.141 e. The first kappa shape index (κ1) is 14.4. The van der Waals surface area contributed by atoms with Crippen LogP contribution in [0.1, 0.15) is 56.4 Å². The van der Waals surface area contributed by atoms with E-state index in [1.165, 1.54) is 50.8 Å². The minimum Gasteiger partial charge on any atom is -0.300 e. The van der Waals surface area contributed by atoms with Crippen LogP contribution < -0.4 is 0 Å². The van der Waals surface area contributed by atoms with E-state index in [2.05, 4.69) is 35.2 Å². The van der Waals surface area contributed by atoms with E-state index < -0.39 is 0 Å². The van der Waals surface area contributed by atoms with Gasteiger partial charge in [-0.2, -0.15) is 0 Å². The van der Waals surface area contributed by atoms with Crippen molar-refractivity contribution in [3.8, 4) is 0 Å². The zero-order valence-electron chi connectivity index (χ0n) is 13.4. The quantitative estimate of drug-likeness (QED) is 0.822. The zero-order chi connectivity index (χ0) is 14.9. The number of rotatable bonds is 2. The van der Waals surface area contributed by atoms with Gasteiger partial charge in [0.15, 0.2) is 0 Å². The molecule has 0 spiro atoms. The normalized spacial score (nSPS) is 36.3. The number of fused-ring (bicyclic) bond motifs is 2. The van der Waals surface area contributed by atoms with Crippen molar-refractivity contribution in [3.05, 3.63) is 35.9 Å². The number of nitrogens with zero attached hydrogens (tertiary/aromatic N) is 1. The Morgan fingerprint density at radius 2 is 1.55 bits per heavy atom. The second kappa shape index (κ2) is 6.16. The summed E-state index contributed by atoms with van der Waals surface area (Å²) in [6, 6.07) is 11.3. The molecule has 1 aliphatic heterocycles. The Balaban J connectivity index is 1.63. The van der Waals surface area contributed by atoms with Crippen molar-refractivity contribution in [2.24, 2.45) is 11.8 Å². The molecular weight excluding hydrogens is 270 g/mol. The molecular formula is C20H27NO. The third-order valence-electron chi connectivity index (χ3n) is 6.29. The molecule has 1 aromatic carbocycles. The maximum Gasteiger partial charge on any atom is 0.141 e. The van der Waals surface area contributed by atoms with Gasteiger partial charge in [-0.25, -0.2) is 0 Å². The number of hydrogen-bond acceptors (Lipinski definition) is 2. The molecule has 0 unspecified atom stereocenters. The van der Waals surface area contributed by atoms with Crippen LogP contribution in [0.2, 0.25) is 0 Å². The molecule has 2 bridgehead atoms. The predicted octanol–water partition coefficient (Wildman–Crippen LogP) is 4.01. The van der Waals surface area contributed by atoms with Gasteiger partial charge in [-0.15, -0.1) is 0 Å². The van der Waals surface area contributed by atoms with Crippen LogP contribution in [0.4, 0.5) is 0 Å². The summed E-state index contributed by atoms with van der Waals surface area (Å²) in [4.78, 5) is 15.7. The third-order valence-corrected chi connectivity index (χ3v) is 6.29. The van der Waals surface area contributed by atoms with Gasteiger partial charge < -0.3 is 0 Å². The number of piperidine rings is 1. The van der Waals surface area contributed by atoms with Crippen molar-refractivity contribution in [3.63, 3.8) is 0 Å². The van der Waals surface area contributed by atoms with Crippen LogP contribution in [0.5, 0.6) is 0 Å². The second-order valence-corrected chi connectivity index (χ2v) is 7.46. The highest BCUT2D eigenvalue weighted by Crippen LogP contribution is 2.47. The first-order chi connectivity index (χ1) is 10.8. The highest BCUT2D eigenvalue weighted by atomic mass is 16.1. The molecule has 0 N–H and O–H groups in total. The molecule has 118 valence electrons. The van der Waals surface area contributed by atoms with Crippen molar-refractivity contribution < 1.29 is 4.79 Å². The molecule has 3 fully saturated rings. The number of carbonyl (C=O) groups excluding carboxylic acids is 1. The van der Waals surface area contributed by atoms with Gasteiger partial charge in [0.25, 0.3) is 0 Å². The van der Waals surface area contributed by atoms with E-state index in [0.717, 1.165) is 12.8 Å². The Kier molecular flexibility index (Phi) is 4.04. The average molecular weight is 297 g/mol. The summed E-state index contributed by atoms with van der Waals surface area (Å²) in [5, 5.41) is 0. The van der Waals surface area contributed by atoms with Gasteiger partial charge in [0, 0.05) is 17.9 Å². The Hall–Kier alpha value is -1.15. The minimum absolute atomic E-state index is 0.294. The van der Waals surface area contributed by atoms with Crippen LogP contribution in [-0.2, 0) is 4.79 Å². The molecule has 2 nitrogen and oxygen atoms in total. The number of benzene rings is 1.